The molecule has 0 unspecified atom stereocenters. The van der Waals surface area contributed by atoms with E-state index in [-0.39, 0.29) is 16.2 Å². The first-order chi connectivity index (χ1) is 9.52. The molecule has 0 aromatic carbocycles. The molecule has 3 rings (SSSR count). The van der Waals surface area contributed by atoms with Crippen molar-refractivity contribution in [1.29, 1.82) is 0 Å². The van der Waals surface area contributed by atoms with Crippen LogP contribution >= 0.6 is 12.6 Å². The fraction of sp³-hybridized carbons (Fsp3) is 0.500. The quantitative estimate of drug-likeness (QED) is 0.406. The lowest BCUT2D eigenvalue weighted by Crippen LogP contribution is -2.30. The summed E-state index contributed by atoms with van der Waals surface area (Å²) < 4.78 is 33.6. The van der Waals surface area contributed by atoms with Crippen LogP contribution in [0.15, 0.2) is 11.4 Å². The van der Waals surface area contributed by atoms with Crippen LogP contribution in [0.1, 0.15) is 6.23 Å². The number of rotatable bonds is 2. The van der Waals surface area contributed by atoms with Gasteiger partial charge in [0, 0.05) is 0 Å². The highest BCUT2D eigenvalue weighted by atomic mass is 32.1. The number of nitrogens with zero attached hydrogens (tertiary/aromatic N) is 4. The van der Waals surface area contributed by atoms with Crippen LogP contribution in [-0.2, 0) is 4.74 Å². The van der Waals surface area contributed by atoms with Gasteiger partial charge >= 0.3 is 6.08 Å². The highest BCUT2D eigenvalue weighted by Gasteiger charge is 2.45. The number of thiol groups is 1. The number of fused-ring (bicyclic) bond motifs is 1. The Kier molecular flexibility index (Phi) is 3.32. The summed E-state index contributed by atoms with van der Waals surface area (Å²) in [7, 11) is 0. The Morgan fingerprint density at radius 3 is 2.85 bits per heavy atom. The third kappa shape index (κ3) is 1.95. The molecule has 1 fully saturated rings. The van der Waals surface area contributed by atoms with E-state index in [1.165, 1.54) is 6.33 Å². The minimum Gasteiger partial charge on any atom is -0.394 e. The zero-order chi connectivity index (χ0) is 14.4. The summed E-state index contributed by atoms with van der Waals surface area (Å²) in [6, 6.07) is 0. The van der Waals surface area contributed by atoms with Gasteiger partial charge in [-0.15, -0.1) is 12.6 Å². The molecule has 0 spiro atoms. The van der Waals surface area contributed by atoms with Gasteiger partial charge in [0.25, 0.3) is 0 Å². The second kappa shape index (κ2) is 4.88. The molecule has 1 aliphatic heterocycles. The topological polar surface area (TPSA) is 93.3 Å². The molecule has 7 nitrogen and oxygen atoms in total. The number of alkyl halides is 1. The van der Waals surface area contributed by atoms with Crippen molar-refractivity contribution in [3.63, 3.8) is 0 Å². The lowest BCUT2D eigenvalue weighted by molar-refractivity contribution is -0.0459. The predicted molar refractivity (Wildman–Crippen MR) is 64.4 cm³/mol. The van der Waals surface area contributed by atoms with E-state index in [1.807, 2.05) is 0 Å². The van der Waals surface area contributed by atoms with Crippen LogP contribution in [-0.4, -0.2) is 54.7 Å². The van der Waals surface area contributed by atoms with Gasteiger partial charge < -0.3 is 14.9 Å². The Labute approximate surface area is 116 Å². The number of ether oxygens (including phenoxy) is 1. The number of aliphatic hydroxyl groups is 2. The molecule has 20 heavy (non-hydrogen) atoms. The Bertz CT molecular complexity index is 655. The van der Waals surface area contributed by atoms with Crippen LogP contribution in [0.2, 0.25) is 0 Å². The predicted octanol–water partition coefficient (Wildman–Crippen LogP) is -0.157. The number of hydrogen-bond acceptors (Lipinski definition) is 7. The maximum absolute atomic E-state index is 14.0. The van der Waals surface area contributed by atoms with E-state index in [1.54, 1.807) is 0 Å². The van der Waals surface area contributed by atoms with Crippen molar-refractivity contribution in [2.24, 2.45) is 0 Å². The normalized spacial score (nSPS) is 30.2. The van der Waals surface area contributed by atoms with Crippen molar-refractivity contribution >= 4 is 23.8 Å². The average Bonchev–Trinajstić information content (AvgIpc) is 2.93. The molecule has 1 saturated heterocycles. The van der Waals surface area contributed by atoms with Gasteiger partial charge in [-0.05, 0) is 0 Å². The minimum atomic E-state index is -1.80. The third-order valence-corrected chi connectivity index (χ3v) is 3.44. The van der Waals surface area contributed by atoms with Crippen LogP contribution in [0, 0.1) is 6.08 Å². The highest BCUT2D eigenvalue weighted by molar-refractivity contribution is 7.80. The number of aliphatic hydroxyl groups excluding tert-OH is 2. The minimum absolute atomic E-state index is 0.000870. The van der Waals surface area contributed by atoms with Crippen molar-refractivity contribution in [3.05, 3.63) is 12.4 Å². The smallest absolute Gasteiger partial charge is 0.311 e. The van der Waals surface area contributed by atoms with Crippen LogP contribution in [0.5, 0.6) is 0 Å². The second-order valence-corrected chi connectivity index (χ2v) is 4.75. The van der Waals surface area contributed by atoms with Crippen molar-refractivity contribution in [2.75, 3.05) is 6.61 Å². The van der Waals surface area contributed by atoms with Gasteiger partial charge in [-0.25, -0.2) is 9.37 Å². The molecular weight excluding hydrogens is 294 g/mol. The largest absolute Gasteiger partial charge is 0.394 e. The zero-order valence-corrected chi connectivity index (χ0v) is 10.8. The van der Waals surface area contributed by atoms with E-state index >= 15 is 0 Å². The first-order valence-electron chi connectivity index (χ1n) is 5.70. The highest BCUT2D eigenvalue weighted by Crippen LogP contribution is 2.33. The first kappa shape index (κ1) is 13.6. The molecule has 0 bridgehead atoms. The molecule has 0 radical (unpaired) electrons. The molecule has 0 saturated carbocycles. The van der Waals surface area contributed by atoms with Crippen LogP contribution in [0.25, 0.3) is 11.2 Å². The van der Waals surface area contributed by atoms with Gasteiger partial charge in [0.2, 0.25) is 0 Å². The molecule has 4 atom stereocenters. The van der Waals surface area contributed by atoms with Gasteiger partial charge in [0.05, 0.1) is 12.9 Å². The summed E-state index contributed by atoms with van der Waals surface area (Å²) in [5.74, 6) is 0. The van der Waals surface area contributed by atoms with Crippen LogP contribution in [0.3, 0.4) is 0 Å². The van der Waals surface area contributed by atoms with Crippen molar-refractivity contribution in [1.82, 2.24) is 19.5 Å². The maximum Gasteiger partial charge on any atom is 0.311 e. The lowest BCUT2D eigenvalue weighted by atomic mass is 10.1. The van der Waals surface area contributed by atoms with Crippen molar-refractivity contribution in [3.8, 4) is 0 Å². The van der Waals surface area contributed by atoms with E-state index in [9.17, 15) is 13.9 Å². The Morgan fingerprint density at radius 2 is 2.20 bits per heavy atom. The molecule has 0 amide bonds. The van der Waals surface area contributed by atoms with E-state index in [0.29, 0.717) is 0 Å². The SMILES string of the molecule is OC[C@H]1O[C@@H](n2cnc3c(S)nc(F)nc32)[C@H](F)[C@@H]1O. The number of imidazole rings is 1. The van der Waals surface area contributed by atoms with Crippen LogP contribution < -0.4 is 0 Å². The van der Waals surface area contributed by atoms with Crippen molar-refractivity contribution < 1.29 is 23.7 Å². The fourth-order valence-corrected chi connectivity index (χ4v) is 2.38. The Balaban J connectivity index is 2.07. The Morgan fingerprint density at radius 1 is 1.45 bits per heavy atom. The molecule has 108 valence electrons. The van der Waals surface area contributed by atoms with Gasteiger partial charge in [-0.1, -0.05) is 0 Å². The molecule has 0 aliphatic carbocycles. The second-order valence-electron chi connectivity index (χ2n) is 4.32. The molecule has 2 aromatic heterocycles. The van der Waals surface area contributed by atoms with Gasteiger partial charge in [-0.3, -0.25) is 4.57 Å². The fourth-order valence-electron chi connectivity index (χ4n) is 2.14. The summed E-state index contributed by atoms with van der Waals surface area (Å²) in [6.45, 7) is -0.536. The summed E-state index contributed by atoms with van der Waals surface area (Å²) in [4.78, 5) is 10.8. The number of hydrogen-bond donors (Lipinski definition) is 3. The van der Waals surface area contributed by atoms with E-state index < -0.39 is 37.3 Å². The maximum atomic E-state index is 14.0. The van der Waals surface area contributed by atoms with E-state index in [0.717, 1.165) is 4.57 Å². The Hall–Kier alpha value is -1.36. The summed E-state index contributed by atoms with van der Waals surface area (Å²) in [5, 5.41) is 18.6. The third-order valence-electron chi connectivity index (χ3n) is 3.12. The van der Waals surface area contributed by atoms with Crippen LogP contribution in [0.4, 0.5) is 8.78 Å². The first-order valence-corrected chi connectivity index (χ1v) is 6.15. The molecule has 3 heterocycles. The summed E-state index contributed by atoms with van der Waals surface area (Å²) in [5.41, 5.74) is 0.188. The summed E-state index contributed by atoms with van der Waals surface area (Å²) >= 11 is 3.96. The molecular formula is C10H10F2N4O3S. The average molecular weight is 304 g/mol. The molecule has 2 N–H and O–H groups in total. The van der Waals surface area contributed by atoms with Gasteiger partial charge in [0.1, 0.15) is 22.8 Å². The number of halogens is 2. The van der Waals surface area contributed by atoms with E-state index in [4.69, 9.17) is 9.84 Å². The zero-order valence-electron chi connectivity index (χ0n) is 9.89. The van der Waals surface area contributed by atoms with Crippen molar-refractivity contribution in [2.45, 2.75) is 29.6 Å². The molecule has 10 heteroatoms. The van der Waals surface area contributed by atoms with Gasteiger partial charge in [0.15, 0.2) is 18.0 Å². The van der Waals surface area contributed by atoms with E-state index in [2.05, 4.69) is 27.6 Å². The summed E-state index contributed by atoms with van der Waals surface area (Å²) in [6.07, 6.45) is -5.43. The monoisotopic (exact) mass is 304 g/mol. The standard InChI is InChI=1S/C10H10F2N4O3S/c11-4-6(18)3(1-17)19-9(4)16-2-13-5-7(16)14-10(12)15-8(5)20/h2-4,6,9,17-18H,1H2,(H,14,15,20)/t3-,4-,6-,9-/m1/s1. The molecule has 1 aliphatic rings. The number of aromatic nitrogens is 4. The molecule has 2 aromatic rings. The lowest BCUT2D eigenvalue weighted by Gasteiger charge is -2.14. The van der Waals surface area contributed by atoms with Gasteiger partial charge in [-0.2, -0.15) is 14.4 Å².